The number of hydrogen-bond donors (Lipinski definition) is 2. The molecule has 2 aliphatic rings. The first-order valence-electron chi connectivity index (χ1n) is 13.8. The Labute approximate surface area is 230 Å². The smallest absolute Gasteiger partial charge is 0.322 e. The van der Waals surface area contributed by atoms with Crippen LogP contribution in [-0.2, 0) is 0 Å². The summed E-state index contributed by atoms with van der Waals surface area (Å²) in [6, 6.07) is 10.9. The summed E-state index contributed by atoms with van der Waals surface area (Å²) in [4.78, 5) is 33.2. The van der Waals surface area contributed by atoms with Gasteiger partial charge in [-0.05, 0) is 51.0 Å². The highest BCUT2D eigenvalue weighted by Gasteiger charge is 2.33. The lowest BCUT2D eigenvalue weighted by molar-refractivity contribution is 0.173. The fourth-order valence-electron chi connectivity index (χ4n) is 5.71. The number of fused-ring (bicyclic) bond motifs is 1. The number of benzene rings is 1. The largest absolute Gasteiger partial charge is 0.364 e. The molecule has 2 aromatic heterocycles. The number of carbonyl (C=O) groups is 1. The fraction of sp³-hybridized carbons (Fsp3) is 0.483. The van der Waals surface area contributed by atoms with Gasteiger partial charge < -0.3 is 25.3 Å². The van der Waals surface area contributed by atoms with Gasteiger partial charge in [0.25, 0.3) is 0 Å². The normalized spacial score (nSPS) is 20.4. The summed E-state index contributed by atoms with van der Waals surface area (Å²) in [7, 11) is 0. The molecule has 204 valence electrons. The van der Waals surface area contributed by atoms with E-state index < -0.39 is 0 Å². The molecule has 2 fully saturated rings. The van der Waals surface area contributed by atoms with E-state index in [0.29, 0.717) is 47.9 Å². The van der Waals surface area contributed by atoms with Gasteiger partial charge in [-0.3, -0.25) is 4.98 Å². The van der Waals surface area contributed by atoms with E-state index in [2.05, 4.69) is 69.1 Å². The van der Waals surface area contributed by atoms with Crippen LogP contribution in [-0.4, -0.2) is 76.2 Å². The minimum atomic E-state index is -0.155. The summed E-state index contributed by atoms with van der Waals surface area (Å²) < 4.78 is 0. The molecule has 0 unspecified atom stereocenters. The van der Waals surface area contributed by atoms with E-state index in [0.717, 1.165) is 37.0 Å². The van der Waals surface area contributed by atoms with E-state index in [-0.39, 0.29) is 18.1 Å². The van der Waals surface area contributed by atoms with Gasteiger partial charge >= 0.3 is 6.03 Å². The van der Waals surface area contributed by atoms with Crippen LogP contribution in [0, 0.1) is 11.3 Å². The molecule has 2 N–H and O–H groups in total. The van der Waals surface area contributed by atoms with Gasteiger partial charge in [-0.1, -0.05) is 13.8 Å². The molecule has 2 amide bonds. The summed E-state index contributed by atoms with van der Waals surface area (Å²) in [5, 5.41) is 17.0. The van der Waals surface area contributed by atoms with Gasteiger partial charge in [0.15, 0.2) is 0 Å². The predicted octanol–water partition coefficient (Wildman–Crippen LogP) is 3.99. The average molecular weight is 528 g/mol. The standard InChI is InChI=1S/C29H37N9O/c1-19(2)34-23-9-12-36(13-10-23)28-32-15-24(16-33-28)35-29(39)38-18-20(3)37(17-21(38)4)26-8-7-22(14-30)27-25(26)6-5-11-31-27/h5-8,11,15-16,19-21,23,34H,9-10,12-13,17-18H2,1-4H3,(H,35,39)/t20-,21+/m0/s1. The van der Waals surface area contributed by atoms with E-state index in [4.69, 9.17) is 0 Å². The first-order chi connectivity index (χ1) is 18.8. The Morgan fingerprint density at radius 3 is 2.49 bits per heavy atom. The molecule has 2 atom stereocenters. The highest BCUT2D eigenvalue weighted by atomic mass is 16.2. The van der Waals surface area contributed by atoms with Gasteiger partial charge in [0.05, 0.1) is 29.2 Å². The second kappa shape index (κ2) is 11.4. The van der Waals surface area contributed by atoms with E-state index in [9.17, 15) is 10.1 Å². The monoisotopic (exact) mass is 527 g/mol. The second-order valence-corrected chi connectivity index (χ2v) is 10.9. The van der Waals surface area contributed by atoms with Gasteiger partial charge in [-0.2, -0.15) is 5.26 Å². The van der Waals surface area contributed by atoms with Crippen molar-refractivity contribution in [3.05, 3.63) is 48.4 Å². The van der Waals surface area contributed by atoms with Crippen molar-refractivity contribution in [3.63, 3.8) is 0 Å². The van der Waals surface area contributed by atoms with Crippen LogP contribution in [0.4, 0.5) is 22.1 Å². The Hall–Kier alpha value is -3.97. The number of nitrogens with one attached hydrogen (secondary N) is 2. The van der Waals surface area contributed by atoms with Gasteiger partial charge in [0.1, 0.15) is 6.07 Å². The Morgan fingerprint density at radius 2 is 1.79 bits per heavy atom. The highest BCUT2D eigenvalue weighted by molar-refractivity contribution is 5.95. The third kappa shape index (κ3) is 5.73. The number of piperazine rings is 1. The van der Waals surface area contributed by atoms with E-state index >= 15 is 0 Å². The fourth-order valence-corrected chi connectivity index (χ4v) is 5.71. The number of nitriles is 1. The summed E-state index contributed by atoms with van der Waals surface area (Å²) in [6.45, 7) is 11.6. The van der Waals surface area contributed by atoms with Gasteiger partial charge in [0.2, 0.25) is 5.95 Å². The summed E-state index contributed by atoms with van der Waals surface area (Å²) in [6.07, 6.45) is 7.23. The zero-order valence-electron chi connectivity index (χ0n) is 23.1. The molecule has 0 radical (unpaired) electrons. The number of rotatable bonds is 5. The lowest BCUT2D eigenvalue weighted by Crippen LogP contribution is -2.59. The van der Waals surface area contributed by atoms with Crippen LogP contribution >= 0.6 is 0 Å². The lowest BCUT2D eigenvalue weighted by atomic mass is 10.0. The number of piperidine rings is 1. The summed E-state index contributed by atoms with van der Waals surface area (Å²) in [5.41, 5.74) is 2.89. The Kier molecular flexibility index (Phi) is 7.79. The molecule has 4 heterocycles. The van der Waals surface area contributed by atoms with Crippen LogP contribution in [0.15, 0.2) is 42.9 Å². The minimum Gasteiger partial charge on any atom is -0.364 e. The molecular weight excluding hydrogens is 490 g/mol. The van der Waals surface area contributed by atoms with Gasteiger partial charge in [0, 0.05) is 67.6 Å². The molecule has 10 nitrogen and oxygen atoms in total. The lowest BCUT2D eigenvalue weighted by Gasteiger charge is -2.45. The van der Waals surface area contributed by atoms with Crippen molar-refractivity contribution in [2.24, 2.45) is 0 Å². The molecule has 0 spiro atoms. The maximum Gasteiger partial charge on any atom is 0.322 e. The van der Waals surface area contributed by atoms with Crippen LogP contribution in [0.3, 0.4) is 0 Å². The van der Waals surface area contributed by atoms with Gasteiger partial charge in [-0.25, -0.2) is 14.8 Å². The number of urea groups is 1. The van der Waals surface area contributed by atoms with Crippen LogP contribution in [0.1, 0.15) is 46.1 Å². The Balaban J connectivity index is 1.21. The number of anilines is 3. The van der Waals surface area contributed by atoms with Crippen molar-refractivity contribution in [3.8, 4) is 6.07 Å². The van der Waals surface area contributed by atoms with Crippen LogP contribution in [0.25, 0.3) is 10.9 Å². The molecule has 0 saturated carbocycles. The van der Waals surface area contributed by atoms with E-state index in [1.165, 1.54) is 0 Å². The third-order valence-corrected chi connectivity index (χ3v) is 7.66. The molecule has 10 heteroatoms. The second-order valence-electron chi connectivity index (χ2n) is 10.9. The van der Waals surface area contributed by atoms with Crippen molar-refractivity contribution in [1.29, 1.82) is 5.26 Å². The first kappa shape index (κ1) is 26.6. The molecule has 0 aliphatic carbocycles. The quantitative estimate of drug-likeness (QED) is 0.512. The summed E-state index contributed by atoms with van der Waals surface area (Å²) >= 11 is 0. The zero-order chi connectivity index (χ0) is 27.5. The number of carbonyl (C=O) groups excluding carboxylic acids is 1. The minimum absolute atomic E-state index is 0.0236. The topological polar surface area (TPSA) is 113 Å². The molecule has 2 aliphatic heterocycles. The summed E-state index contributed by atoms with van der Waals surface area (Å²) in [5.74, 6) is 0.704. The molecule has 1 aromatic carbocycles. The molecule has 5 rings (SSSR count). The van der Waals surface area contributed by atoms with Crippen molar-refractivity contribution < 1.29 is 4.79 Å². The number of nitrogens with zero attached hydrogens (tertiary/aromatic N) is 7. The number of amides is 2. The molecule has 39 heavy (non-hydrogen) atoms. The van der Waals surface area contributed by atoms with Gasteiger partial charge in [-0.15, -0.1) is 0 Å². The van der Waals surface area contributed by atoms with Crippen LogP contribution in [0.5, 0.6) is 0 Å². The Bertz CT molecular complexity index is 1350. The maximum atomic E-state index is 13.3. The van der Waals surface area contributed by atoms with Crippen molar-refractivity contribution in [2.75, 3.05) is 41.3 Å². The van der Waals surface area contributed by atoms with Crippen LogP contribution in [0.2, 0.25) is 0 Å². The maximum absolute atomic E-state index is 13.3. The van der Waals surface area contributed by atoms with E-state index in [1.54, 1.807) is 18.6 Å². The first-order valence-corrected chi connectivity index (χ1v) is 13.8. The SMILES string of the molecule is CC(C)NC1CCN(c2ncc(NC(=O)N3C[C@H](C)N(c4ccc(C#N)c5ncccc45)C[C@H]3C)cn2)CC1. The number of hydrogen-bond acceptors (Lipinski definition) is 8. The van der Waals surface area contributed by atoms with Crippen molar-refractivity contribution >= 4 is 34.3 Å². The van der Waals surface area contributed by atoms with Crippen LogP contribution < -0.4 is 20.4 Å². The third-order valence-electron chi connectivity index (χ3n) is 7.66. The molecule has 3 aromatic rings. The van der Waals surface area contributed by atoms with Crippen molar-refractivity contribution in [1.82, 2.24) is 25.2 Å². The van der Waals surface area contributed by atoms with Crippen molar-refractivity contribution in [2.45, 2.75) is 64.7 Å². The number of aromatic nitrogens is 3. The van der Waals surface area contributed by atoms with E-state index in [1.807, 2.05) is 29.2 Å². The zero-order valence-corrected chi connectivity index (χ0v) is 23.1. The average Bonchev–Trinajstić information content (AvgIpc) is 2.94. The molecule has 2 saturated heterocycles. The highest BCUT2D eigenvalue weighted by Crippen LogP contribution is 2.32. The number of pyridine rings is 1. The molecule has 0 bridgehead atoms. The predicted molar refractivity (Wildman–Crippen MR) is 154 cm³/mol. The molecular formula is C29H37N9O. The Morgan fingerprint density at radius 1 is 1.05 bits per heavy atom.